The maximum Gasteiger partial charge on any atom is 0.127 e. The van der Waals surface area contributed by atoms with Crippen molar-refractivity contribution < 1.29 is 14.9 Å². The van der Waals surface area contributed by atoms with Gasteiger partial charge in [0.05, 0.1) is 11.6 Å². The smallest absolute Gasteiger partial charge is 0.127 e. The molecule has 1 heterocycles. The molecule has 4 nitrogen and oxygen atoms in total. The van der Waals surface area contributed by atoms with Crippen LogP contribution < -0.4 is 10.1 Å². The number of aromatic hydroxyl groups is 1. The van der Waals surface area contributed by atoms with Crippen LogP contribution >= 0.6 is 0 Å². The first-order valence-corrected chi connectivity index (χ1v) is 6.79. The van der Waals surface area contributed by atoms with E-state index < -0.39 is 5.60 Å². The fourth-order valence-electron chi connectivity index (χ4n) is 2.66. The van der Waals surface area contributed by atoms with E-state index in [4.69, 9.17) is 4.74 Å². The summed E-state index contributed by atoms with van der Waals surface area (Å²) in [5.41, 5.74) is 0.326. The SMILES string of the molecule is CC(C)CC(C)(O)CNC1COc2cc(O)ccc21. The maximum atomic E-state index is 10.3. The van der Waals surface area contributed by atoms with E-state index in [1.54, 1.807) is 12.1 Å². The minimum atomic E-state index is -0.714. The zero-order valence-electron chi connectivity index (χ0n) is 11.8. The normalized spacial score (nSPS) is 21.0. The van der Waals surface area contributed by atoms with Gasteiger partial charge in [-0.3, -0.25) is 0 Å². The van der Waals surface area contributed by atoms with Crippen LogP contribution in [0.3, 0.4) is 0 Å². The average Bonchev–Trinajstić information content (AvgIpc) is 2.67. The molecule has 0 amide bonds. The molecule has 19 heavy (non-hydrogen) atoms. The fourth-order valence-corrected chi connectivity index (χ4v) is 2.66. The lowest BCUT2D eigenvalue weighted by Gasteiger charge is -2.27. The summed E-state index contributed by atoms with van der Waals surface area (Å²) in [7, 11) is 0. The van der Waals surface area contributed by atoms with Gasteiger partial charge in [-0.2, -0.15) is 0 Å². The highest BCUT2D eigenvalue weighted by molar-refractivity contribution is 5.44. The van der Waals surface area contributed by atoms with Gasteiger partial charge in [0.1, 0.15) is 18.1 Å². The number of benzene rings is 1. The van der Waals surface area contributed by atoms with Crippen molar-refractivity contribution in [2.45, 2.75) is 38.8 Å². The Bertz CT molecular complexity index is 443. The molecule has 0 fully saturated rings. The molecule has 0 aromatic heterocycles. The highest BCUT2D eigenvalue weighted by Gasteiger charge is 2.28. The number of phenols is 1. The minimum Gasteiger partial charge on any atom is -0.508 e. The summed E-state index contributed by atoms with van der Waals surface area (Å²) in [6, 6.07) is 5.23. The second-order valence-corrected chi connectivity index (χ2v) is 6.06. The van der Waals surface area contributed by atoms with E-state index in [2.05, 4.69) is 19.2 Å². The first kappa shape index (κ1) is 14.2. The number of hydrogen-bond acceptors (Lipinski definition) is 4. The molecular weight excluding hydrogens is 242 g/mol. The molecule has 0 saturated carbocycles. The molecule has 0 saturated heterocycles. The third kappa shape index (κ3) is 3.61. The number of phenolic OH excluding ortho intramolecular Hbond substituents is 1. The third-order valence-electron chi connectivity index (χ3n) is 3.36. The molecule has 3 N–H and O–H groups in total. The van der Waals surface area contributed by atoms with Gasteiger partial charge in [-0.15, -0.1) is 0 Å². The molecule has 0 bridgehead atoms. The quantitative estimate of drug-likeness (QED) is 0.764. The number of hydrogen-bond donors (Lipinski definition) is 3. The number of fused-ring (bicyclic) bond motifs is 1. The zero-order valence-corrected chi connectivity index (χ0v) is 11.8. The van der Waals surface area contributed by atoms with Crippen molar-refractivity contribution >= 4 is 0 Å². The van der Waals surface area contributed by atoms with Gasteiger partial charge >= 0.3 is 0 Å². The van der Waals surface area contributed by atoms with E-state index in [9.17, 15) is 10.2 Å². The lowest BCUT2D eigenvalue weighted by atomic mass is 9.94. The predicted molar refractivity (Wildman–Crippen MR) is 74.4 cm³/mol. The van der Waals surface area contributed by atoms with Gasteiger partial charge in [-0.25, -0.2) is 0 Å². The second-order valence-electron chi connectivity index (χ2n) is 6.06. The molecule has 0 radical (unpaired) electrons. The van der Waals surface area contributed by atoms with E-state index in [0.717, 1.165) is 17.7 Å². The largest absolute Gasteiger partial charge is 0.508 e. The molecule has 1 aromatic rings. The summed E-state index contributed by atoms with van der Waals surface area (Å²) < 4.78 is 5.53. The lowest BCUT2D eigenvalue weighted by Crippen LogP contribution is -2.40. The second kappa shape index (κ2) is 5.39. The van der Waals surface area contributed by atoms with Gasteiger partial charge in [0.25, 0.3) is 0 Å². The standard InChI is InChI=1S/C15H23NO3/c1-10(2)7-15(3,18)9-16-13-8-19-14-6-11(17)4-5-12(13)14/h4-6,10,13,16-18H,7-9H2,1-3H3. The molecule has 1 aromatic carbocycles. The van der Waals surface area contributed by atoms with Crippen LogP contribution in [-0.2, 0) is 0 Å². The molecule has 0 spiro atoms. The van der Waals surface area contributed by atoms with Gasteiger partial charge < -0.3 is 20.3 Å². The molecule has 1 aliphatic heterocycles. The van der Waals surface area contributed by atoms with Gasteiger partial charge in [0.2, 0.25) is 0 Å². The van der Waals surface area contributed by atoms with Crippen LogP contribution in [0.1, 0.15) is 38.8 Å². The summed E-state index contributed by atoms with van der Waals surface area (Å²) in [5, 5.41) is 23.0. The molecule has 2 unspecified atom stereocenters. The van der Waals surface area contributed by atoms with Crippen LogP contribution in [0.25, 0.3) is 0 Å². The van der Waals surface area contributed by atoms with Gasteiger partial charge in [0, 0.05) is 18.2 Å². The monoisotopic (exact) mass is 265 g/mol. The number of ether oxygens (including phenoxy) is 1. The van der Waals surface area contributed by atoms with Gasteiger partial charge in [-0.05, 0) is 31.4 Å². The summed E-state index contributed by atoms with van der Waals surface area (Å²) >= 11 is 0. The zero-order chi connectivity index (χ0) is 14.0. The van der Waals surface area contributed by atoms with E-state index in [-0.39, 0.29) is 11.8 Å². The highest BCUT2D eigenvalue weighted by Crippen LogP contribution is 2.35. The van der Waals surface area contributed by atoms with Crippen molar-refractivity contribution in [1.29, 1.82) is 0 Å². The highest BCUT2D eigenvalue weighted by atomic mass is 16.5. The predicted octanol–water partition coefficient (Wildman–Crippen LogP) is 2.21. The van der Waals surface area contributed by atoms with E-state index in [0.29, 0.717) is 19.1 Å². The molecule has 2 atom stereocenters. The van der Waals surface area contributed by atoms with E-state index >= 15 is 0 Å². The summed E-state index contributed by atoms with van der Waals surface area (Å²) in [5.74, 6) is 1.40. The molecule has 4 heteroatoms. The Hall–Kier alpha value is -1.26. The summed E-state index contributed by atoms with van der Waals surface area (Å²) in [4.78, 5) is 0. The van der Waals surface area contributed by atoms with Crippen LogP contribution in [-0.4, -0.2) is 29.0 Å². The number of rotatable bonds is 5. The van der Waals surface area contributed by atoms with E-state index in [1.807, 2.05) is 13.0 Å². The van der Waals surface area contributed by atoms with Crippen molar-refractivity contribution in [2.75, 3.05) is 13.2 Å². The van der Waals surface area contributed by atoms with Gasteiger partial charge in [-0.1, -0.05) is 13.8 Å². The lowest BCUT2D eigenvalue weighted by molar-refractivity contribution is 0.0352. The number of aliphatic hydroxyl groups is 1. The van der Waals surface area contributed by atoms with Gasteiger partial charge in [0.15, 0.2) is 0 Å². The summed E-state index contributed by atoms with van der Waals surface area (Å²) in [6.07, 6.45) is 0.760. The Kier molecular flexibility index (Phi) is 4.02. The maximum absolute atomic E-state index is 10.3. The van der Waals surface area contributed by atoms with Crippen molar-refractivity contribution in [1.82, 2.24) is 5.32 Å². The Morgan fingerprint density at radius 3 is 2.89 bits per heavy atom. The van der Waals surface area contributed by atoms with Crippen LogP contribution in [0.4, 0.5) is 0 Å². The molecule has 0 aliphatic carbocycles. The first-order chi connectivity index (χ1) is 8.87. The molecule has 1 aliphatic rings. The Morgan fingerprint density at radius 2 is 2.21 bits per heavy atom. The number of nitrogens with one attached hydrogen (secondary N) is 1. The van der Waals surface area contributed by atoms with Crippen molar-refractivity contribution in [3.8, 4) is 11.5 Å². The van der Waals surface area contributed by atoms with Crippen LogP contribution in [0.5, 0.6) is 11.5 Å². The first-order valence-electron chi connectivity index (χ1n) is 6.79. The fraction of sp³-hybridized carbons (Fsp3) is 0.600. The van der Waals surface area contributed by atoms with Crippen LogP contribution in [0, 0.1) is 5.92 Å². The van der Waals surface area contributed by atoms with E-state index in [1.165, 1.54) is 0 Å². The molecule has 106 valence electrons. The Morgan fingerprint density at radius 1 is 1.47 bits per heavy atom. The third-order valence-corrected chi connectivity index (χ3v) is 3.36. The minimum absolute atomic E-state index is 0.0780. The summed E-state index contributed by atoms with van der Waals surface area (Å²) in [6.45, 7) is 7.13. The Labute approximate surface area is 114 Å². The van der Waals surface area contributed by atoms with Crippen LogP contribution in [0.2, 0.25) is 0 Å². The molecular formula is C15H23NO3. The van der Waals surface area contributed by atoms with Crippen molar-refractivity contribution in [3.63, 3.8) is 0 Å². The molecule has 2 rings (SSSR count). The van der Waals surface area contributed by atoms with Crippen molar-refractivity contribution in [3.05, 3.63) is 23.8 Å². The van der Waals surface area contributed by atoms with Crippen molar-refractivity contribution in [2.24, 2.45) is 5.92 Å². The average molecular weight is 265 g/mol. The Balaban J connectivity index is 1.96. The topological polar surface area (TPSA) is 61.7 Å². The van der Waals surface area contributed by atoms with Crippen LogP contribution in [0.15, 0.2) is 18.2 Å².